The Labute approximate surface area is 70.4 Å². The summed E-state index contributed by atoms with van der Waals surface area (Å²) in [7, 11) is 0. The van der Waals surface area contributed by atoms with E-state index in [4.69, 9.17) is 10.2 Å². The summed E-state index contributed by atoms with van der Waals surface area (Å²) < 4.78 is 0. The van der Waals surface area contributed by atoms with Gasteiger partial charge in [0, 0.05) is 6.42 Å². The lowest BCUT2D eigenvalue weighted by molar-refractivity contribution is -0.137. The van der Waals surface area contributed by atoms with Crippen LogP contribution in [-0.2, 0) is 9.59 Å². The maximum atomic E-state index is 10.0. The smallest absolute Gasteiger partial charge is 0.317 e. The number of carbonyl (C=O) groups is 2. The van der Waals surface area contributed by atoms with E-state index < -0.39 is 11.9 Å². The van der Waals surface area contributed by atoms with Crippen LogP contribution in [0.1, 0.15) is 19.3 Å². The quantitative estimate of drug-likeness (QED) is 0.471. The number of carboxylic acids is 2. The zero-order chi connectivity index (χ0) is 9.40. The molecule has 0 rings (SSSR count). The molecule has 0 aromatic carbocycles. The second-order valence-corrected chi connectivity index (χ2v) is 2.42. The zero-order valence-electron chi connectivity index (χ0n) is 6.75. The first kappa shape index (κ1) is 10.9. The fraction of sp³-hybridized carbons (Fsp3) is 0.714. The van der Waals surface area contributed by atoms with Crippen LogP contribution >= 0.6 is 0 Å². The summed E-state index contributed by atoms with van der Waals surface area (Å²) in [6, 6.07) is 0. The van der Waals surface area contributed by atoms with Crippen molar-refractivity contribution >= 4 is 11.9 Å². The lowest BCUT2D eigenvalue weighted by atomic mass is 10.2. The summed E-state index contributed by atoms with van der Waals surface area (Å²) in [6.45, 7) is 0.493. The fourth-order valence-corrected chi connectivity index (χ4v) is 0.722. The molecule has 0 bridgehead atoms. The highest BCUT2D eigenvalue weighted by atomic mass is 16.4. The minimum Gasteiger partial charge on any atom is -0.481 e. The predicted octanol–water partition coefficient (Wildman–Crippen LogP) is -0.0845. The molecule has 0 aromatic rings. The molecule has 0 aliphatic rings. The van der Waals surface area contributed by atoms with Gasteiger partial charge in [0.15, 0.2) is 0 Å². The van der Waals surface area contributed by atoms with Gasteiger partial charge in [-0.15, -0.1) is 0 Å². The van der Waals surface area contributed by atoms with E-state index in [2.05, 4.69) is 5.32 Å². The number of aliphatic carboxylic acids is 2. The van der Waals surface area contributed by atoms with Gasteiger partial charge in [-0.25, -0.2) is 0 Å². The Hall–Kier alpha value is -1.10. The van der Waals surface area contributed by atoms with Crippen LogP contribution in [0.4, 0.5) is 0 Å². The van der Waals surface area contributed by atoms with Crippen LogP contribution in [0.5, 0.6) is 0 Å². The summed E-state index contributed by atoms with van der Waals surface area (Å²) in [5, 5.41) is 19.1. The minimum absolute atomic E-state index is 0.0624. The van der Waals surface area contributed by atoms with E-state index in [1.165, 1.54) is 0 Å². The highest BCUT2D eigenvalue weighted by molar-refractivity contribution is 5.69. The fourth-order valence-electron chi connectivity index (χ4n) is 0.722. The van der Waals surface area contributed by atoms with Gasteiger partial charge in [-0.3, -0.25) is 9.59 Å². The summed E-state index contributed by atoms with van der Waals surface area (Å²) in [5.74, 6) is -1.71. The molecule has 0 radical (unpaired) electrons. The van der Waals surface area contributed by atoms with Crippen LogP contribution < -0.4 is 5.32 Å². The third-order valence-corrected chi connectivity index (χ3v) is 1.27. The van der Waals surface area contributed by atoms with Gasteiger partial charge in [-0.1, -0.05) is 0 Å². The van der Waals surface area contributed by atoms with Crippen LogP contribution in [-0.4, -0.2) is 35.2 Å². The van der Waals surface area contributed by atoms with E-state index in [9.17, 15) is 9.59 Å². The van der Waals surface area contributed by atoms with Crippen molar-refractivity contribution in [3.8, 4) is 0 Å². The van der Waals surface area contributed by atoms with Crippen molar-refractivity contribution in [2.45, 2.75) is 19.3 Å². The van der Waals surface area contributed by atoms with E-state index in [0.29, 0.717) is 19.4 Å². The molecule has 70 valence electrons. The van der Waals surface area contributed by atoms with Gasteiger partial charge in [0.05, 0.1) is 6.54 Å². The van der Waals surface area contributed by atoms with E-state index in [1.54, 1.807) is 0 Å². The summed E-state index contributed by atoms with van der Waals surface area (Å²) in [4.78, 5) is 20.0. The average Bonchev–Trinajstić information content (AvgIpc) is 1.95. The molecule has 0 saturated carbocycles. The monoisotopic (exact) mass is 175 g/mol. The lowest BCUT2D eigenvalue weighted by Gasteiger charge is -1.99. The van der Waals surface area contributed by atoms with Crippen molar-refractivity contribution in [2.24, 2.45) is 0 Å². The molecule has 5 heteroatoms. The molecule has 0 atom stereocenters. The number of unbranched alkanes of at least 4 members (excludes halogenated alkanes) is 1. The van der Waals surface area contributed by atoms with Gasteiger partial charge in [0.2, 0.25) is 0 Å². The first-order valence-corrected chi connectivity index (χ1v) is 3.77. The van der Waals surface area contributed by atoms with Gasteiger partial charge in [-0.2, -0.15) is 0 Å². The second-order valence-electron chi connectivity index (χ2n) is 2.42. The third-order valence-electron chi connectivity index (χ3n) is 1.27. The molecule has 0 spiro atoms. The number of nitrogens with one attached hydrogen (secondary N) is 1. The topological polar surface area (TPSA) is 86.6 Å². The van der Waals surface area contributed by atoms with Crippen molar-refractivity contribution in [1.29, 1.82) is 0 Å². The maximum absolute atomic E-state index is 10.0. The van der Waals surface area contributed by atoms with Crippen LogP contribution in [0, 0.1) is 0 Å². The Kier molecular flexibility index (Phi) is 6.00. The van der Waals surface area contributed by atoms with Crippen LogP contribution in [0.15, 0.2) is 0 Å². The Bertz CT molecular complexity index is 139. The minimum atomic E-state index is -0.895. The molecule has 12 heavy (non-hydrogen) atoms. The number of hydrogen-bond acceptors (Lipinski definition) is 3. The second kappa shape index (κ2) is 6.60. The van der Waals surface area contributed by atoms with Crippen LogP contribution in [0.25, 0.3) is 0 Å². The van der Waals surface area contributed by atoms with Crippen molar-refractivity contribution in [2.75, 3.05) is 13.1 Å². The number of hydrogen-bond donors (Lipinski definition) is 3. The molecule has 5 nitrogen and oxygen atoms in total. The Morgan fingerprint density at radius 3 is 2.25 bits per heavy atom. The molecule has 0 aromatic heterocycles. The summed E-state index contributed by atoms with van der Waals surface area (Å²) >= 11 is 0. The van der Waals surface area contributed by atoms with Gasteiger partial charge in [-0.05, 0) is 19.4 Å². The van der Waals surface area contributed by atoms with E-state index in [0.717, 1.165) is 0 Å². The van der Waals surface area contributed by atoms with E-state index in [-0.39, 0.29) is 13.0 Å². The van der Waals surface area contributed by atoms with Crippen molar-refractivity contribution < 1.29 is 19.8 Å². The standard InChI is InChI=1S/C7H13NO4/c9-6(10)3-1-2-4-8-5-7(11)12/h8H,1-5H2,(H,9,10)(H,11,12). The normalized spacial score (nSPS) is 9.67. The predicted molar refractivity (Wildman–Crippen MR) is 42.0 cm³/mol. The molecule has 3 N–H and O–H groups in total. The molecule has 0 saturated heterocycles. The van der Waals surface area contributed by atoms with Crippen molar-refractivity contribution in [3.63, 3.8) is 0 Å². The Balaban J connectivity index is 3.01. The van der Waals surface area contributed by atoms with Crippen LogP contribution in [0.3, 0.4) is 0 Å². The Morgan fingerprint density at radius 2 is 1.75 bits per heavy atom. The van der Waals surface area contributed by atoms with Gasteiger partial charge < -0.3 is 15.5 Å². The number of rotatable bonds is 7. The molecule has 0 aliphatic carbocycles. The van der Waals surface area contributed by atoms with Gasteiger partial charge in [0.1, 0.15) is 0 Å². The Morgan fingerprint density at radius 1 is 1.08 bits per heavy atom. The SMILES string of the molecule is O=C(O)CCCCNCC(=O)O. The lowest BCUT2D eigenvalue weighted by Crippen LogP contribution is -2.23. The average molecular weight is 175 g/mol. The molecule has 0 amide bonds. The molecule has 0 heterocycles. The van der Waals surface area contributed by atoms with E-state index >= 15 is 0 Å². The number of carboxylic acid groups (broad SMARTS) is 2. The molecular weight excluding hydrogens is 162 g/mol. The summed E-state index contributed by atoms with van der Waals surface area (Å²) in [5.41, 5.74) is 0. The van der Waals surface area contributed by atoms with Gasteiger partial charge in [0.25, 0.3) is 0 Å². The largest absolute Gasteiger partial charge is 0.481 e. The molecule has 0 aliphatic heterocycles. The highest BCUT2D eigenvalue weighted by Crippen LogP contribution is 1.92. The van der Waals surface area contributed by atoms with Gasteiger partial charge >= 0.3 is 11.9 Å². The molecule has 0 unspecified atom stereocenters. The first-order chi connectivity index (χ1) is 5.63. The van der Waals surface area contributed by atoms with Crippen molar-refractivity contribution in [1.82, 2.24) is 5.32 Å². The van der Waals surface area contributed by atoms with E-state index in [1.807, 2.05) is 0 Å². The van der Waals surface area contributed by atoms with Crippen LogP contribution in [0.2, 0.25) is 0 Å². The zero-order valence-corrected chi connectivity index (χ0v) is 6.75. The highest BCUT2D eigenvalue weighted by Gasteiger charge is 1.97. The van der Waals surface area contributed by atoms with Crippen molar-refractivity contribution in [3.05, 3.63) is 0 Å². The first-order valence-electron chi connectivity index (χ1n) is 3.77. The molecule has 0 fully saturated rings. The maximum Gasteiger partial charge on any atom is 0.317 e. The summed E-state index contributed by atoms with van der Waals surface area (Å²) in [6.07, 6.45) is 1.43. The molecular formula is C7H13NO4. The third kappa shape index (κ3) is 8.90.